The number of nitrogens with one attached hydrogen (secondary N) is 2. The van der Waals surface area contributed by atoms with E-state index in [2.05, 4.69) is 37.2 Å². The molecule has 6 nitrogen and oxygen atoms in total. The van der Waals surface area contributed by atoms with Gasteiger partial charge in [-0.1, -0.05) is 19.3 Å². The van der Waals surface area contributed by atoms with Crippen LogP contribution in [0.3, 0.4) is 0 Å². The van der Waals surface area contributed by atoms with Gasteiger partial charge in [-0.15, -0.1) is 0 Å². The SMILES string of the molecule is CNc1nc(N(C)CC2CCCCC2)c2[nH]cnc2n1. The van der Waals surface area contributed by atoms with Crippen molar-refractivity contribution in [2.24, 2.45) is 5.92 Å². The first-order valence-corrected chi connectivity index (χ1v) is 7.38. The summed E-state index contributed by atoms with van der Waals surface area (Å²) < 4.78 is 0. The van der Waals surface area contributed by atoms with E-state index in [1.807, 2.05) is 7.05 Å². The molecule has 1 aliphatic carbocycles. The fourth-order valence-corrected chi connectivity index (χ4v) is 3.05. The number of anilines is 2. The van der Waals surface area contributed by atoms with Crippen molar-refractivity contribution in [3.8, 4) is 0 Å². The summed E-state index contributed by atoms with van der Waals surface area (Å²) in [7, 11) is 3.94. The number of aromatic amines is 1. The lowest BCUT2D eigenvalue weighted by atomic mass is 9.89. The number of rotatable bonds is 4. The molecule has 1 aliphatic rings. The summed E-state index contributed by atoms with van der Waals surface area (Å²) in [6, 6.07) is 0. The lowest BCUT2D eigenvalue weighted by molar-refractivity contribution is 0.362. The third-order valence-electron chi connectivity index (χ3n) is 4.11. The summed E-state index contributed by atoms with van der Waals surface area (Å²) in [6.45, 7) is 1.05. The first-order valence-electron chi connectivity index (χ1n) is 7.38. The van der Waals surface area contributed by atoms with Gasteiger partial charge in [-0.2, -0.15) is 9.97 Å². The van der Waals surface area contributed by atoms with Crippen molar-refractivity contribution < 1.29 is 0 Å². The van der Waals surface area contributed by atoms with Crippen molar-refractivity contribution in [2.75, 3.05) is 30.9 Å². The van der Waals surface area contributed by atoms with E-state index in [4.69, 9.17) is 0 Å². The molecule has 0 radical (unpaired) electrons. The molecule has 0 bridgehead atoms. The monoisotopic (exact) mass is 274 g/mol. The van der Waals surface area contributed by atoms with Gasteiger partial charge in [0.05, 0.1) is 6.33 Å². The van der Waals surface area contributed by atoms with E-state index in [0.29, 0.717) is 5.95 Å². The molecule has 108 valence electrons. The van der Waals surface area contributed by atoms with Gasteiger partial charge in [-0.25, -0.2) is 4.98 Å². The minimum Gasteiger partial charge on any atom is -0.357 e. The number of imidazole rings is 1. The zero-order valence-electron chi connectivity index (χ0n) is 12.2. The fraction of sp³-hybridized carbons (Fsp3) is 0.643. The van der Waals surface area contributed by atoms with E-state index in [1.165, 1.54) is 32.1 Å². The molecule has 3 rings (SSSR count). The Morgan fingerprint density at radius 2 is 2.10 bits per heavy atom. The van der Waals surface area contributed by atoms with Crippen molar-refractivity contribution in [2.45, 2.75) is 32.1 Å². The van der Waals surface area contributed by atoms with Crippen LogP contribution in [0.25, 0.3) is 11.2 Å². The normalized spacial score (nSPS) is 16.5. The predicted molar refractivity (Wildman–Crippen MR) is 81.1 cm³/mol. The molecule has 20 heavy (non-hydrogen) atoms. The number of aromatic nitrogens is 4. The first-order chi connectivity index (χ1) is 9.78. The number of nitrogens with zero attached hydrogens (tertiary/aromatic N) is 4. The van der Waals surface area contributed by atoms with Crippen molar-refractivity contribution >= 4 is 22.9 Å². The Kier molecular flexibility index (Phi) is 3.71. The Hall–Kier alpha value is -1.85. The maximum atomic E-state index is 4.59. The maximum absolute atomic E-state index is 4.59. The number of hydrogen-bond donors (Lipinski definition) is 2. The minimum atomic E-state index is 0.620. The second-order valence-electron chi connectivity index (χ2n) is 5.61. The summed E-state index contributed by atoms with van der Waals surface area (Å²) >= 11 is 0. The smallest absolute Gasteiger partial charge is 0.226 e. The van der Waals surface area contributed by atoms with Gasteiger partial charge in [-0.05, 0) is 18.8 Å². The number of fused-ring (bicyclic) bond motifs is 1. The highest BCUT2D eigenvalue weighted by atomic mass is 15.2. The minimum absolute atomic E-state index is 0.620. The third kappa shape index (κ3) is 2.55. The third-order valence-corrected chi connectivity index (χ3v) is 4.11. The van der Waals surface area contributed by atoms with Crippen LogP contribution in [0.15, 0.2) is 6.33 Å². The fourth-order valence-electron chi connectivity index (χ4n) is 3.05. The average Bonchev–Trinajstić information content (AvgIpc) is 2.95. The quantitative estimate of drug-likeness (QED) is 0.896. The van der Waals surface area contributed by atoms with Gasteiger partial charge in [0.1, 0.15) is 5.52 Å². The summed E-state index contributed by atoms with van der Waals surface area (Å²) in [6.07, 6.45) is 8.47. The van der Waals surface area contributed by atoms with Crippen LogP contribution in [0, 0.1) is 5.92 Å². The van der Waals surface area contributed by atoms with Gasteiger partial charge in [0.25, 0.3) is 0 Å². The summed E-state index contributed by atoms with van der Waals surface area (Å²) in [5, 5.41) is 3.01. The van der Waals surface area contributed by atoms with Crippen LogP contribution in [0.2, 0.25) is 0 Å². The summed E-state index contributed by atoms with van der Waals surface area (Å²) in [5.74, 6) is 2.33. The van der Waals surface area contributed by atoms with Crippen LogP contribution in [0.5, 0.6) is 0 Å². The molecule has 0 aliphatic heterocycles. The second-order valence-corrected chi connectivity index (χ2v) is 5.61. The van der Waals surface area contributed by atoms with Crippen LogP contribution in [-0.4, -0.2) is 40.6 Å². The molecular weight excluding hydrogens is 252 g/mol. The highest BCUT2D eigenvalue weighted by Gasteiger charge is 2.19. The van der Waals surface area contributed by atoms with Crippen LogP contribution in [0.4, 0.5) is 11.8 Å². The molecule has 2 heterocycles. The average molecular weight is 274 g/mol. The second kappa shape index (κ2) is 5.64. The Balaban J connectivity index is 1.85. The van der Waals surface area contributed by atoms with Gasteiger partial charge >= 0.3 is 0 Å². The highest BCUT2D eigenvalue weighted by molar-refractivity contribution is 5.84. The van der Waals surface area contributed by atoms with Crippen molar-refractivity contribution in [3.63, 3.8) is 0 Å². The van der Waals surface area contributed by atoms with Gasteiger partial charge < -0.3 is 15.2 Å². The Morgan fingerprint density at radius 1 is 1.30 bits per heavy atom. The van der Waals surface area contributed by atoms with Crippen LogP contribution in [-0.2, 0) is 0 Å². The lowest BCUT2D eigenvalue weighted by Gasteiger charge is -2.27. The zero-order chi connectivity index (χ0) is 13.9. The Labute approximate surface area is 119 Å². The predicted octanol–water partition coefficient (Wildman–Crippen LogP) is 2.41. The van der Waals surface area contributed by atoms with E-state index < -0.39 is 0 Å². The molecule has 2 aromatic heterocycles. The topological polar surface area (TPSA) is 69.7 Å². The maximum Gasteiger partial charge on any atom is 0.226 e. The molecule has 0 atom stereocenters. The van der Waals surface area contributed by atoms with Crippen LogP contribution in [0.1, 0.15) is 32.1 Å². The molecule has 0 amide bonds. The van der Waals surface area contributed by atoms with E-state index in [9.17, 15) is 0 Å². The van der Waals surface area contributed by atoms with Crippen molar-refractivity contribution in [3.05, 3.63) is 6.33 Å². The molecule has 2 aromatic rings. The van der Waals surface area contributed by atoms with E-state index in [0.717, 1.165) is 29.4 Å². The largest absolute Gasteiger partial charge is 0.357 e. The Morgan fingerprint density at radius 3 is 2.85 bits per heavy atom. The van der Waals surface area contributed by atoms with Crippen LogP contribution >= 0.6 is 0 Å². The van der Waals surface area contributed by atoms with Crippen LogP contribution < -0.4 is 10.2 Å². The highest BCUT2D eigenvalue weighted by Crippen LogP contribution is 2.27. The van der Waals surface area contributed by atoms with E-state index in [1.54, 1.807) is 6.33 Å². The molecule has 6 heteroatoms. The zero-order valence-corrected chi connectivity index (χ0v) is 12.2. The number of H-pyrrole nitrogens is 1. The molecule has 0 spiro atoms. The number of hydrogen-bond acceptors (Lipinski definition) is 5. The lowest BCUT2D eigenvalue weighted by Crippen LogP contribution is -2.28. The van der Waals surface area contributed by atoms with Gasteiger partial charge in [0, 0.05) is 20.6 Å². The molecule has 0 unspecified atom stereocenters. The van der Waals surface area contributed by atoms with Crippen molar-refractivity contribution in [1.82, 2.24) is 19.9 Å². The molecule has 0 aromatic carbocycles. The van der Waals surface area contributed by atoms with Gasteiger partial charge in [0.2, 0.25) is 5.95 Å². The molecule has 2 N–H and O–H groups in total. The first kappa shape index (κ1) is 13.1. The Bertz CT molecular complexity index is 572. The summed E-state index contributed by atoms with van der Waals surface area (Å²) in [5.41, 5.74) is 1.64. The molecule has 1 fully saturated rings. The van der Waals surface area contributed by atoms with Gasteiger partial charge in [-0.3, -0.25) is 0 Å². The van der Waals surface area contributed by atoms with Crippen molar-refractivity contribution in [1.29, 1.82) is 0 Å². The molecule has 1 saturated carbocycles. The van der Waals surface area contributed by atoms with Gasteiger partial charge in [0.15, 0.2) is 11.5 Å². The molecule has 0 saturated heterocycles. The standard InChI is InChI=1S/C14H22N6/c1-15-14-18-12-11(16-9-17-12)13(19-14)20(2)8-10-6-4-3-5-7-10/h9-10H,3-8H2,1-2H3,(H2,15,16,17,18,19). The molecular formula is C14H22N6. The summed E-state index contributed by atoms with van der Waals surface area (Å²) in [4.78, 5) is 18.6. The van der Waals surface area contributed by atoms with E-state index in [-0.39, 0.29) is 0 Å². The van der Waals surface area contributed by atoms with E-state index >= 15 is 0 Å².